The number of sulfone groups is 3. The zero-order valence-electron chi connectivity index (χ0n) is 76.3. The minimum Gasteiger partial charge on any atom is -0.489 e. The van der Waals surface area contributed by atoms with Gasteiger partial charge in [-0.25, -0.2) is 40.2 Å². The molecule has 0 spiro atoms. The van der Waals surface area contributed by atoms with Gasteiger partial charge in [-0.3, -0.25) is 14.0 Å². The number of aryl methyl sites for hydroxylation is 6. The summed E-state index contributed by atoms with van der Waals surface area (Å²) in [4.78, 5) is 26.9. The Morgan fingerprint density at radius 1 is 0.349 bits per heavy atom. The van der Waals surface area contributed by atoms with E-state index in [9.17, 15) is 25.3 Å². The van der Waals surface area contributed by atoms with Crippen molar-refractivity contribution in [3.8, 4) is 17.2 Å². The number of aromatic nitrogens is 12. The van der Waals surface area contributed by atoms with Crippen LogP contribution in [0.5, 0.6) is 17.2 Å². The normalized spacial score (nSPS) is 18.8. The standard InChI is InChI=1S/2C30H42ClN7O3S.C30H44ClN7O3S/c2*1-17(2)41-27-14-23(20-7-9-21(10-8-20)33-22-11-12-22)19(5)13-25(27)35-30-32-15-24(31)28(36-30)34-26-16-38(6)37-29(26)42(39,40)18(3)4;1-17(2)33-22-11-9-21(10-12-22)23-14-27(41-18(3)4)25(13-20(23)7)35-30-32-15-24(31)28(36-30)34-26-16-38(8)37-29(26)42(39,40)19(5)6/h2*13-18,20-22,33H,7-12H2,1-6H3,(H2,32,34,35,36);13-19,21-22,33H,9-12H2,1-8H3,(H2,32,34,35,36). The summed E-state index contributed by atoms with van der Waals surface area (Å²) in [5.41, 5.74) is 10.7. The third-order valence-corrected chi connectivity index (χ3v) is 30.2. The Balaban J connectivity index is 0.000000172. The lowest BCUT2D eigenvalue weighted by Gasteiger charge is -2.32. The first-order valence-corrected chi connectivity index (χ1v) is 50.1. The van der Waals surface area contributed by atoms with Gasteiger partial charge in [0.15, 0.2) is 17.5 Å². The number of ether oxygens (including phenoxy) is 3. The highest BCUT2D eigenvalue weighted by Gasteiger charge is 2.36. The molecule has 3 aromatic carbocycles. The number of halogens is 3. The fraction of sp³-hybridized carbons (Fsp3) is 0.567. The molecule has 5 aliphatic carbocycles. The van der Waals surface area contributed by atoms with Gasteiger partial charge < -0.3 is 62.1 Å². The third-order valence-electron chi connectivity index (χ3n) is 23.1. The molecule has 0 unspecified atom stereocenters. The molecular weight excluding hydrogens is 1720 g/mol. The molecule has 5 aliphatic rings. The van der Waals surface area contributed by atoms with Crippen LogP contribution >= 0.6 is 34.8 Å². The molecule has 686 valence electrons. The average molecular weight is 1850 g/mol. The van der Waals surface area contributed by atoms with Crippen LogP contribution in [0.15, 0.2) is 88.7 Å². The van der Waals surface area contributed by atoms with Crippen LogP contribution in [0.25, 0.3) is 0 Å². The Bertz CT molecular complexity index is 5100. The van der Waals surface area contributed by atoms with Gasteiger partial charge >= 0.3 is 0 Å². The number of hydrogen-bond donors (Lipinski definition) is 9. The molecule has 6 heterocycles. The summed E-state index contributed by atoms with van der Waals surface area (Å²) in [5.74, 6) is 5.39. The summed E-state index contributed by atoms with van der Waals surface area (Å²) in [6.45, 7) is 32.6. The third kappa shape index (κ3) is 24.8. The molecule has 9 N–H and O–H groups in total. The first kappa shape index (κ1) is 96.4. The molecule has 30 nitrogen and oxygen atoms in total. The monoisotopic (exact) mass is 1850 g/mol. The Morgan fingerprint density at radius 2 is 0.595 bits per heavy atom. The van der Waals surface area contributed by atoms with Gasteiger partial charge in [0, 0.05) is 76.0 Å². The van der Waals surface area contributed by atoms with Crippen LogP contribution in [-0.4, -0.2) is 155 Å². The molecule has 126 heavy (non-hydrogen) atoms. The second-order valence-corrected chi connectivity index (χ2v) is 44.7. The van der Waals surface area contributed by atoms with Crippen LogP contribution in [0.2, 0.25) is 15.1 Å². The quantitative estimate of drug-likeness (QED) is 0.0184. The van der Waals surface area contributed by atoms with E-state index in [2.05, 4.69) is 164 Å². The van der Waals surface area contributed by atoms with Gasteiger partial charge in [-0.15, -0.1) is 0 Å². The van der Waals surface area contributed by atoms with Crippen molar-refractivity contribution in [1.82, 2.24) is 75.2 Å². The molecule has 14 rings (SSSR count). The van der Waals surface area contributed by atoms with Crippen LogP contribution in [0.1, 0.15) is 251 Å². The summed E-state index contributed by atoms with van der Waals surface area (Å²) in [6, 6.07) is 16.6. The lowest BCUT2D eigenvalue weighted by Crippen LogP contribution is -2.37. The number of nitrogens with one attached hydrogen (secondary N) is 9. The van der Waals surface area contributed by atoms with Crippen molar-refractivity contribution in [1.29, 1.82) is 0 Å². The number of benzene rings is 3. The molecular formula is C90H128Cl3N21O9S3. The maximum atomic E-state index is 12.9. The molecule has 0 amide bonds. The van der Waals surface area contributed by atoms with Crippen LogP contribution in [0.3, 0.4) is 0 Å². The van der Waals surface area contributed by atoms with Gasteiger partial charge in [0.25, 0.3) is 0 Å². The lowest BCUT2D eigenvalue weighted by molar-refractivity contribution is 0.242. The molecule has 6 aromatic heterocycles. The van der Waals surface area contributed by atoms with Gasteiger partial charge in [0.1, 0.15) is 32.3 Å². The van der Waals surface area contributed by atoms with E-state index in [1.54, 1.807) is 81.3 Å². The minimum atomic E-state index is -3.64. The Labute approximate surface area is 759 Å². The summed E-state index contributed by atoms with van der Waals surface area (Å²) in [5, 5.41) is 41.6. The van der Waals surface area contributed by atoms with Crippen molar-refractivity contribution in [3.63, 3.8) is 0 Å². The fourth-order valence-electron chi connectivity index (χ4n) is 16.4. The second kappa shape index (κ2) is 41.4. The highest BCUT2D eigenvalue weighted by Crippen LogP contribution is 2.46. The predicted molar refractivity (Wildman–Crippen MR) is 504 cm³/mol. The molecule has 9 aromatic rings. The van der Waals surface area contributed by atoms with Crippen molar-refractivity contribution in [2.24, 2.45) is 21.1 Å². The predicted octanol–water partition coefficient (Wildman–Crippen LogP) is 19.5. The van der Waals surface area contributed by atoms with Gasteiger partial charge in [-0.05, 0) is 294 Å². The van der Waals surface area contributed by atoms with Crippen molar-refractivity contribution in [2.75, 3.05) is 31.9 Å². The van der Waals surface area contributed by atoms with Crippen LogP contribution < -0.4 is 62.1 Å². The van der Waals surface area contributed by atoms with E-state index in [-0.39, 0.29) is 65.9 Å². The smallest absolute Gasteiger partial charge is 0.229 e. The molecule has 5 fully saturated rings. The SMILES string of the molecule is Cc1cc(Nc2ncc(Cl)c(Nc3cn(C)nc3S(=O)(=O)C(C)C)n2)c(OC(C)C)cc1C1CCC(NC(C)C)CC1.Cc1cc(Nc2ncc(Cl)c(Nc3cn(C)nc3S(=O)(=O)C(C)C)n2)c(OC(C)C)cc1C1CCC(NC2CC2)CC1.Cc1cc(Nc2ncc(Cl)c(Nc3cn(C)nc3S(=O)(=O)C(C)C)n2)c(OC(C)C)cc1C1CCC(NC2CC2)CC1. The van der Waals surface area contributed by atoms with E-state index in [0.29, 0.717) is 76.8 Å². The van der Waals surface area contributed by atoms with Crippen molar-refractivity contribution < 1.29 is 39.5 Å². The average Bonchev–Trinajstić information content (AvgIpc) is 1.78. The second-order valence-electron chi connectivity index (χ2n) is 36.2. The number of nitrogens with zero attached hydrogens (tertiary/aromatic N) is 12. The lowest BCUT2D eigenvalue weighted by atomic mass is 9.80. The molecule has 0 aliphatic heterocycles. The number of rotatable bonds is 33. The van der Waals surface area contributed by atoms with Crippen LogP contribution in [0, 0.1) is 20.8 Å². The topological polar surface area (TPSA) is 369 Å². The van der Waals surface area contributed by atoms with Gasteiger partial charge in [0.2, 0.25) is 62.4 Å². The molecule has 36 heteroatoms. The highest BCUT2D eigenvalue weighted by molar-refractivity contribution is 7.92. The van der Waals surface area contributed by atoms with Crippen LogP contribution in [-0.2, 0) is 50.7 Å². The molecule has 0 saturated heterocycles. The molecule has 5 saturated carbocycles. The first-order valence-electron chi connectivity index (χ1n) is 44.3. The Kier molecular flexibility index (Phi) is 31.7. The molecule has 0 atom stereocenters. The van der Waals surface area contributed by atoms with E-state index in [1.807, 2.05) is 41.5 Å². The van der Waals surface area contributed by atoms with E-state index in [4.69, 9.17) is 49.0 Å². The highest BCUT2D eigenvalue weighted by atomic mass is 35.5. The number of hydrogen-bond acceptors (Lipinski definition) is 27. The van der Waals surface area contributed by atoms with E-state index < -0.39 is 45.3 Å². The first-order chi connectivity index (χ1) is 59.5. The van der Waals surface area contributed by atoms with Crippen molar-refractivity contribution >= 4 is 134 Å². The Morgan fingerprint density at radius 3 is 0.825 bits per heavy atom. The fourth-order valence-corrected chi connectivity index (χ4v) is 20.1. The zero-order chi connectivity index (χ0) is 91.1. The summed E-state index contributed by atoms with van der Waals surface area (Å²) >= 11 is 19.3. The van der Waals surface area contributed by atoms with Crippen molar-refractivity contribution in [2.45, 2.75) is 324 Å². The van der Waals surface area contributed by atoms with Crippen LogP contribution in [0.4, 0.5) is 69.4 Å². The van der Waals surface area contributed by atoms with Gasteiger partial charge in [-0.2, -0.15) is 30.2 Å². The molecule has 0 bridgehead atoms. The van der Waals surface area contributed by atoms with Crippen molar-refractivity contribution in [3.05, 3.63) is 122 Å². The number of anilines is 12. The zero-order valence-corrected chi connectivity index (χ0v) is 81.0. The van der Waals surface area contributed by atoms with E-state index in [1.165, 1.54) is 117 Å². The van der Waals surface area contributed by atoms with E-state index >= 15 is 0 Å². The maximum Gasteiger partial charge on any atom is 0.229 e. The summed E-state index contributed by atoms with van der Waals surface area (Å²) < 4.78 is 101. The van der Waals surface area contributed by atoms with Gasteiger partial charge in [-0.1, -0.05) is 48.7 Å². The largest absolute Gasteiger partial charge is 0.489 e. The van der Waals surface area contributed by atoms with E-state index in [0.717, 1.165) is 97.8 Å². The summed E-state index contributed by atoms with van der Waals surface area (Å²) in [7, 11) is -5.92. The minimum absolute atomic E-state index is 0.0187. The van der Waals surface area contributed by atoms with Gasteiger partial charge in [0.05, 0.1) is 86.8 Å². The maximum absolute atomic E-state index is 12.9. The Hall–Kier alpha value is -8.67. The summed E-state index contributed by atoms with van der Waals surface area (Å²) in [6.07, 6.45) is 28.5. The molecule has 0 radical (unpaired) electrons.